The highest BCUT2D eigenvalue weighted by Crippen LogP contribution is 2.70. The van der Waals surface area contributed by atoms with Gasteiger partial charge >= 0.3 is 0 Å². The van der Waals surface area contributed by atoms with E-state index in [1.165, 1.54) is 0 Å². The monoisotopic (exact) mass is 387 g/mol. The maximum absolute atomic E-state index is 12.5. The van der Waals surface area contributed by atoms with Gasteiger partial charge in [0.1, 0.15) is 0 Å². The second-order valence-corrected chi connectivity index (χ2v) is 9.52. The van der Waals surface area contributed by atoms with Crippen molar-refractivity contribution in [1.82, 2.24) is 5.32 Å². The first kappa shape index (κ1) is 19.6. The molecule has 2 aliphatic carbocycles. The van der Waals surface area contributed by atoms with Crippen molar-refractivity contribution in [3.8, 4) is 11.5 Å². The molecule has 0 radical (unpaired) electrons. The maximum Gasteiger partial charge on any atom is 0.220 e. The number of carbonyl (C=O) groups excluding carboxylic acids is 1. The second-order valence-electron chi connectivity index (χ2n) is 9.52. The van der Waals surface area contributed by atoms with Crippen LogP contribution < -0.4 is 10.1 Å². The Morgan fingerprint density at radius 1 is 1.39 bits per heavy atom. The number of benzene rings is 1. The van der Waals surface area contributed by atoms with Gasteiger partial charge in [-0.3, -0.25) is 4.79 Å². The van der Waals surface area contributed by atoms with Crippen LogP contribution in [0, 0.1) is 22.7 Å². The number of phenols is 1. The number of phenolic OH excluding ortho intramolecular Hbond substituents is 1. The summed E-state index contributed by atoms with van der Waals surface area (Å²) in [4.78, 5) is 12.5. The molecule has 1 saturated heterocycles. The van der Waals surface area contributed by atoms with Gasteiger partial charge in [-0.05, 0) is 66.0 Å². The minimum absolute atomic E-state index is 0.0442. The van der Waals surface area contributed by atoms with Crippen LogP contribution in [-0.4, -0.2) is 30.8 Å². The van der Waals surface area contributed by atoms with Gasteiger partial charge in [0.05, 0.1) is 13.2 Å². The summed E-state index contributed by atoms with van der Waals surface area (Å²) in [5.41, 5.74) is 1.19. The number of ether oxygens (including phenoxy) is 2. The summed E-state index contributed by atoms with van der Waals surface area (Å²) in [7, 11) is 1.56. The topological polar surface area (TPSA) is 67.8 Å². The maximum atomic E-state index is 12.5. The van der Waals surface area contributed by atoms with Crippen molar-refractivity contribution >= 4 is 5.91 Å². The summed E-state index contributed by atoms with van der Waals surface area (Å²) in [6, 6.07) is 5.78. The van der Waals surface area contributed by atoms with Crippen LogP contribution in [0.1, 0.15) is 64.5 Å². The Morgan fingerprint density at radius 3 is 2.86 bits per heavy atom. The van der Waals surface area contributed by atoms with E-state index in [4.69, 9.17) is 9.47 Å². The number of carbonyl (C=O) groups is 1. The number of amides is 1. The summed E-state index contributed by atoms with van der Waals surface area (Å²) >= 11 is 0. The lowest BCUT2D eigenvalue weighted by atomic mass is 9.59. The largest absolute Gasteiger partial charge is 0.504 e. The lowest BCUT2D eigenvalue weighted by Crippen LogP contribution is -2.58. The molecule has 5 atom stereocenters. The molecule has 1 aliphatic heterocycles. The zero-order chi connectivity index (χ0) is 20.1. The Hall–Kier alpha value is -1.75. The molecule has 3 fully saturated rings. The molecule has 1 unspecified atom stereocenters. The van der Waals surface area contributed by atoms with E-state index in [-0.39, 0.29) is 34.6 Å². The zero-order valence-corrected chi connectivity index (χ0v) is 17.5. The van der Waals surface area contributed by atoms with E-state index in [0.29, 0.717) is 30.6 Å². The number of hydrogen-bond donors (Lipinski definition) is 2. The number of aromatic hydroxyl groups is 1. The molecule has 28 heavy (non-hydrogen) atoms. The summed E-state index contributed by atoms with van der Waals surface area (Å²) in [5.74, 6) is 1.75. The van der Waals surface area contributed by atoms with Crippen LogP contribution in [0.15, 0.2) is 18.2 Å². The highest BCUT2D eigenvalue weighted by Gasteiger charge is 2.68. The highest BCUT2D eigenvalue weighted by atomic mass is 16.5. The molecule has 5 heteroatoms. The van der Waals surface area contributed by atoms with Gasteiger partial charge in [0, 0.05) is 19.1 Å². The summed E-state index contributed by atoms with van der Waals surface area (Å²) in [6.45, 7) is 7.39. The van der Waals surface area contributed by atoms with Gasteiger partial charge in [0.15, 0.2) is 11.5 Å². The van der Waals surface area contributed by atoms with Gasteiger partial charge in [-0.1, -0.05) is 26.8 Å². The Balaban J connectivity index is 1.66. The van der Waals surface area contributed by atoms with Crippen molar-refractivity contribution in [2.75, 3.05) is 13.7 Å². The van der Waals surface area contributed by atoms with Crippen LogP contribution in [0.25, 0.3) is 0 Å². The molecule has 2 saturated carbocycles. The van der Waals surface area contributed by atoms with Gasteiger partial charge in [-0.25, -0.2) is 0 Å². The molecular weight excluding hydrogens is 354 g/mol. The van der Waals surface area contributed by atoms with Gasteiger partial charge < -0.3 is 19.9 Å². The van der Waals surface area contributed by atoms with Gasteiger partial charge in [0.25, 0.3) is 0 Å². The van der Waals surface area contributed by atoms with Crippen LogP contribution in [0.2, 0.25) is 0 Å². The molecule has 4 rings (SSSR count). The van der Waals surface area contributed by atoms with E-state index in [2.05, 4.69) is 19.2 Å². The zero-order valence-electron chi connectivity index (χ0n) is 17.5. The number of nitrogens with one attached hydrogen (secondary N) is 1. The first-order chi connectivity index (χ1) is 13.3. The van der Waals surface area contributed by atoms with Crippen LogP contribution >= 0.6 is 0 Å². The fourth-order valence-corrected chi connectivity index (χ4v) is 6.46. The first-order valence-electron chi connectivity index (χ1n) is 10.6. The second kappa shape index (κ2) is 6.94. The van der Waals surface area contributed by atoms with Gasteiger partial charge in [-0.15, -0.1) is 0 Å². The first-order valence-corrected chi connectivity index (χ1v) is 10.6. The Morgan fingerprint density at radius 2 is 2.18 bits per heavy atom. The lowest BCUT2D eigenvalue weighted by molar-refractivity contribution is -0.137. The Bertz CT molecular complexity index is 761. The van der Waals surface area contributed by atoms with Crippen molar-refractivity contribution < 1.29 is 19.4 Å². The molecule has 1 aromatic carbocycles. The van der Waals surface area contributed by atoms with E-state index < -0.39 is 0 Å². The van der Waals surface area contributed by atoms with Crippen LogP contribution in [0.4, 0.5) is 0 Å². The van der Waals surface area contributed by atoms with Crippen molar-refractivity contribution in [2.24, 2.45) is 22.7 Å². The smallest absolute Gasteiger partial charge is 0.220 e. The van der Waals surface area contributed by atoms with Gasteiger partial charge in [-0.2, -0.15) is 0 Å². The quantitative estimate of drug-likeness (QED) is 0.795. The van der Waals surface area contributed by atoms with Crippen molar-refractivity contribution in [1.29, 1.82) is 0 Å². The standard InChI is InChI=1S/C23H33NO4/c1-5-6-19(26)24-21-22(2,3)15-12-16-20(28-10-9-23(16,21)13-15)14-7-8-18(27-4)17(25)11-14/h7-8,11,15-16,20-21,25H,5-6,9-10,12-13H2,1-4H3,(H,24,26)/t15-,16-,20-,21-,23?/m1/s1. The minimum atomic E-state index is -0.0442. The molecule has 0 aromatic heterocycles. The fourth-order valence-electron chi connectivity index (χ4n) is 6.46. The molecule has 1 amide bonds. The molecule has 1 heterocycles. The average Bonchev–Trinajstić information content (AvgIpc) is 3.14. The third-order valence-electron chi connectivity index (χ3n) is 7.82. The normalized spacial score (nSPS) is 35.4. The molecular formula is C23H33NO4. The Kier molecular flexibility index (Phi) is 4.85. The molecule has 3 aliphatic rings. The van der Waals surface area contributed by atoms with E-state index >= 15 is 0 Å². The highest BCUT2D eigenvalue weighted by molar-refractivity contribution is 5.76. The average molecular weight is 388 g/mol. The minimum Gasteiger partial charge on any atom is -0.504 e. The van der Waals surface area contributed by atoms with Crippen LogP contribution in [0.5, 0.6) is 11.5 Å². The van der Waals surface area contributed by atoms with E-state index in [1.807, 2.05) is 19.1 Å². The number of fused-ring (bicyclic) bond motifs is 1. The molecule has 5 nitrogen and oxygen atoms in total. The number of hydrogen-bond acceptors (Lipinski definition) is 4. The Labute approximate surface area is 167 Å². The van der Waals surface area contributed by atoms with Crippen molar-refractivity contribution in [2.45, 2.75) is 65.0 Å². The predicted octanol–water partition coefficient (Wildman–Crippen LogP) is 4.20. The third kappa shape index (κ3) is 2.81. The molecule has 154 valence electrons. The van der Waals surface area contributed by atoms with Crippen LogP contribution in [-0.2, 0) is 9.53 Å². The number of rotatable bonds is 5. The molecule has 1 aromatic rings. The molecule has 1 spiro atoms. The SMILES string of the molecule is CCCC(=O)N[C@@H]1C(C)(C)[C@@H]2C[C@@H]3[C@@H](c4ccc(OC)c(O)c4)OCCC31C2. The molecule has 2 N–H and O–H groups in total. The number of methoxy groups -OCH3 is 1. The van der Waals surface area contributed by atoms with Crippen LogP contribution in [0.3, 0.4) is 0 Å². The predicted molar refractivity (Wildman–Crippen MR) is 107 cm³/mol. The summed E-state index contributed by atoms with van der Waals surface area (Å²) in [5, 5.41) is 13.7. The fraction of sp³-hybridized carbons (Fsp3) is 0.696. The summed E-state index contributed by atoms with van der Waals surface area (Å²) < 4.78 is 11.5. The van der Waals surface area contributed by atoms with Crippen molar-refractivity contribution in [3.63, 3.8) is 0 Å². The third-order valence-corrected chi connectivity index (χ3v) is 7.82. The van der Waals surface area contributed by atoms with E-state index in [0.717, 1.165) is 31.2 Å². The van der Waals surface area contributed by atoms with Crippen molar-refractivity contribution in [3.05, 3.63) is 23.8 Å². The lowest BCUT2D eigenvalue weighted by Gasteiger charge is -2.53. The van der Waals surface area contributed by atoms with E-state index in [1.54, 1.807) is 13.2 Å². The van der Waals surface area contributed by atoms with Gasteiger partial charge in [0.2, 0.25) is 5.91 Å². The van der Waals surface area contributed by atoms with E-state index in [9.17, 15) is 9.90 Å². The summed E-state index contributed by atoms with van der Waals surface area (Å²) in [6.07, 6.45) is 4.68. The molecule has 2 bridgehead atoms.